The predicted octanol–water partition coefficient (Wildman–Crippen LogP) is 2.14. The predicted molar refractivity (Wildman–Crippen MR) is 114 cm³/mol. The molecule has 0 saturated carbocycles. The van der Waals surface area contributed by atoms with E-state index in [1.165, 1.54) is 12.1 Å². The molecule has 10 heteroatoms. The summed E-state index contributed by atoms with van der Waals surface area (Å²) in [5, 5.41) is 5.35. The number of alkyl halides is 2. The van der Waals surface area contributed by atoms with E-state index in [4.69, 9.17) is 0 Å². The molecule has 166 valence electrons. The maximum Gasteiger partial charge on any atom is 0.387 e. The van der Waals surface area contributed by atoms with Crippen molar-refractivity contribution >= 4 is 11.6 Å². The number of anilines is 1. The smallest absolute Gasteiger partial charge is 0.387 e. The van der Waals surface area contributed by atoms with E-state index in [0.717, 1.165) is 16.8 Å². The minimum absolute atomic E-state index is 0.0875. The number of carbonyl (C=O) groups is 1. The highest BCUT2D eigenvalue weighted by Gasteiger charge is 2.26. The Hall–Kier alpha value is -3.95. The molecule has 1 aliphatic heterocycles. The lowest BCUT2D eigenvalue weighted by molar-refractivity contribution is -0.0495. The first-order valence-corrected chi connectivity index (χ1v) is 9.93. The van der Waals surface area contributed by atoms with Crippen LogP contribution in [0.25, 0.3) is 5.69 Å². The fourth-order valence-corrected chi connectivity index (χ4v) is 3.68. The fraction of sp³-hybridized carbons (Fsp3) is 0.227. The van der Waals surface area contributed by atoms with Gasteiger partial charge in [-0.25, -0.2) is 4.68 Å². The fourth-order valence-electron chi connectivity index (χ4n) is 3.68. The first kappa shape index (κ1) is 21.3. The molecule has 3 aromatic rings. The molecule has 1 aliphatic rings. The molecule has 0 bridgehead atoms. The molecule has 8 nitrogen and oxygen atoms in total. The summed E-state index contributed by atoms with van der Waals surface area (Å²) in [7, 11) is 0. The Morgan fingerprint density at radius 2 is 1.91 bits per heavy atom. The Balaban J connectivity index is 1.46. The van der Waals surface area contributed by atoms with Gasteiger partial charge in [-0.15, -0.1) is 0 Å². The van der Waals surface area contributed by atoms with E-state index in [2.05, 4.69) is 15.2 Å². The molecule has 1 saturated heterocycles. The average Bonchev–Trinajstić information content (AvgIpc) is 3.23. The molecule has 32 heavy (non-hydrogen) atoms. The van der Waals surface area contributed by atoms with Crippen LogP contribution in [0.5, 0.6) is 5.75 Å². The summed E-state index contributed by atoms with van der Waals surface area (Å²) in [6, 6.07) is 14.9. The minimum atomic E-state index is -2.92. The van der Waals surface area contributed by atoms with Gasteiger partial charge in [0.15, 0.2) is 0 Å². The standard InChI is InChI=1S/C22H20F2N4O4/c23-22(24)32-18-7-2-1-6-17(18)27-11-10-15(13-27)25-21(31)14-4-3-5-16(12-14)28-20(30)9-8-19(29)26-28/h1-9,12,15,22H,10-11,13H2,(H,25,31)(H,26,29). The molecule has 0 spiro atoms. The monoisotopic (exact) mass is 442 g/mol. The van der Waals surface area contributed by atoms with Gasteiger partial charge in [-0.2, -0.15) is 8.78 Å². The second kappa shape index (κ2) is 9.04. The van der Waals surface area contributed by atoms with Gasteiger partial charge in [0.1, 0.15) is 5.75 Å². The number of benzene rings is 2. The third kappa shape index (κ3) is 4.69. The number of aromatic nitrogens is 2. The van der Waals surface area contributed by atoms with Gasteiger partial charge in [0.05, 0.1) is 11.4 Å². The van der Waals surface area contributed by atoms with Crippen LogP contribution in [0.2, 0.25) is 0 Å². The highest BCUT2D eigenvalue weighted by Crippen LogP contribution is 2.31. The number of aromatic amines is 1. The van der Waals surface area contributed by atoms with Gasteiger partial charge in [-0.1, -0.05) is 18.2 Å². The van der Waals surface area contributed by atoms with Crippen LogP contribution in [0.4, 0.5) is 14.5 Å². The molecule has 1 amide bonds. The number of halogens is 2. The quantitative estimate of drug-likeness (QED) is 0.610. The third-order valence-corrected chi connectivity index (χ3v) is 5.13. The summed E-state index contributed by atoms with van der Waals surface area (Å²) in [5.74, 6) is -0.258. The van der Waals surface area contributed by atoms with Crippen LogP contribution in [0.1, 0.15) is 16.8 Å². The first-order valence-electron chi connectivity index (χ1n) is 9.93. The van der Waals surface area contributed by atoms with Crippen molar-refractivity contribution in [2.75, 3.05) is 18.0 Å². The molecule has 0 aliphatic carbocycles. The Morgan fingerprint density at radius 1 is 1.09 bits per heavy atom. The molecule has 2 N–H and O–H groups in total. The van der Waals surface area contributed by atoms with E-state index in [1.54, 1.807) is 36.4 Å². The van der Waals surface area contributed by atoms with E-state index < -0.39 is 17.7 Å². The van der Waals surface area contributed by atoms with Gasteiger partial charge in [-0.05, 0) is 36.8 Å². The van der Waals surface area contributed by atoms with E-state index in [1.807, 2.05) is 4.90 Å². The number of carbonyl (C=O) groups excluding carboxylic acids is 1. The van der Waals surface area contributed by atoms with Gasteiger partial charge in [-0.3, -0.25) is 19.5 Å². The van der Waals surface area contributed by atoms with Crippen LogP contribution in [0, 0.1) is 0 Å². The molecular weight excluding hydrogens is 422 g/mol. The average molecular weight is 442 g/mol. The summed E-state index contributed by atoms with van der Waals surface area (Å²) in [6.07, 6.45) is 0.625. The van der Waals surface area contributed by atoms with Gasteiger partial charge < -0.3 is 15.0 Å². The number of nitrogens with one attached hydrogen (secondary N) is 2. The Labute approximate surface area is 181 Å². The lowest BCUT2D eigenvalue weighted by Crippen LogP contribution is -2.37. The molecule has 1 aromatic heterocycles. The van der Waals surface area contributed by atoms with Gasteiger partial charge in [0.25, 0.3) is 17.0 Å². The van der Waals surface area contributed by atoms with Gasteiger partial charge in [0.2, 0.25) is 0 Å². The normalized spacial score (nSPS) is 15.7. The van der Waals surface area contributed by atoms with Crippen molar-refractivity contribution in [3.05, 3.63) is 86.9 Å². The number of nitrogens with zero attached hydrogens (tertiary/aromatic N) is 2. The molecule has 0 radical (unpaired) electrons. The summed E-state index contributed by atoms with van der Waals surface area (Å²) in [4.78, 5) is 38.2. The maximum atomic E-state index is 12.8. The van der Waals surface area contributed by atoms with Crippen LogP contribution in [0.3, 0.4) is 0 Å². The minimum Gasteiger partial charge on any atom is -0.433 e. The Morgan fingerprint density at radius 3 is 2.72 bits per heavy atom. The van der Waals surface area contributed by atoms with Crippen LogP contribution < -0.4 is 26.1 Å². The largest absolute Gasteiger partial charge is 0.433 e. The van der Waals surface area contributed by atoms with E-state index in [0.29, 0.717) is 36.4 Å². The van der Waals surface area contributed by atoms with Crippen LogP contribution >= 0.6 is 0 Å². The van der Waals surface area contributed by atoms with Crippen molar-refractivity contribution in [1.82, 2.24) is 15.1 Å². The zero-order chi connectivity index (χ0) is 22.7. The van der Waals surface area contributed by atoms with Crippen LogP contribution in [-0.2, 0) is 0 Å². The summed E-state index contributed by atoms with van der Waals surface area (Å²) >= 11 is 0. The highest BCUT2D eigenvalue weighted by atomic mass is 19.3. The van der Waals surface area contributed by atoms with Crippen molar-refractivity contribution < 1.29 is 18.3 Å². The number of rotatable bonds is 6. The Kier molecular flexibility index (Phi) is 6.02. The topological polar surface area (TPSA) is 96.4 Å². The van der Waals surface area contributed by atoms with Crippen LogP contribution in [-0.4, -0.2) is 41.4 Å². The molecule has 1 atom stereocenters. The van der Waals surface area contributed by atoms with Crippen molar-refractivity contribution in [3.63, 3.8) is 0 Å². The summed E-state index contributed by atoms with van der Waals surface area (Å²) in [6.45, 7) is -1.93. The molecule has 1 unspecified atom stereocenters. The zero-order valence-corrected chi connectivity index (χ0v) is 16.8. The Bertz CT molecular complexity index is 1240. The second-order valence-electron chi connectivity index (χ2n) is 7.28. The number of hydrogen-bond donors (Lipinski definition) is 2. The number of ether oxygens (including phenoxy) is 1. The van der Waals surface area contributed by atoms with Crippen molar-refractivity contribution in [2.45, 2.75) is 19.1 Å². The van der Waals surface area contributed by atoms with Gasteiger partial charge >= 0.3 is 6.61 Å². The van der Waals surface area contributed by atoms with Crippen molar-refractivity contribution in [2.24, 2.45) is 0 Å². The number of para-hydroxylation sites is 2. The lowest BCUT2D eigenvalue weighted by Gasteiger charge is -2.22. The molecule has 1 fully saturated rings. The maximum absolute atomic E-state index is 12.8. The number of hydrogen-bond acceptors (Lipinski definition) is 5. The zero-order valence-electron chi connectivity index (χ0n) is 16.8. The van der Waals surface area contributed by atoms with E-state index in [-0.39, 0.29) is 17.7 Å². The third-order valence-electron chi connectivity index (χ3n) is 5.13. The molecule has 4 rings (SSSR count). The summed E-state index contributed by atoms with van der Waals surface area (Å²) < 4.78 is 31.0. The molecular formula is C22H20F2N4O4. The molecule has 2 aromatic carbocycles. The highest BCUT2D eigenvalue weighted by molar-refractivity contribution is 5.95. The first-order chi connectivity index (χ1) is 15.4. The summed E-state index contributed by atoms with van der Waals surface area (Å²) in [5.41, 5.74) is 0.337. The van der Waals surface area contributed by atoms with E-state index in [9.17, 15) is 23.2 Å². The van der Waals surface area contributed by atoms with Crippen molar-refractivity contribution in [3.8, 4) is 11.4 Å². The molecule has 2 heterocycles. The van der Waals surface area contributed by atoms with Crippen molar-refractivity contribution in [1.29, 1.82) is 0 Å². The number of amides is 1. The lowest BCUT2D eigenvalue weighted by atomic mass is 10.1. The van der Waals surface area contributed by atoms with Crippen LogP contribution in [0.15, 0.2) is 70.3 Å². The van der Waals surface area contributed by atoms with E-state index >= 15 is 0 Å². The SMILES string of the molecule is O=C(NC1CCN(c2ccccc2OC(F)F)C1)c1cccc(-n2[nH]c(=O)ccc2=O)c1. The second-order valence-corrected chi connectivity index (χ2v) is 7.28. The number of H-pyrrole nitrogens is 1. The van der Waals surface area contributed by atoms with Gasteiger partial charge in [0, 0.05) is 36.8 Å².